The minimum atomic E-state index is -3.77. The van der Waals surface area contributed by atoms with Gasteiger partial charge in [-0.15, -0.1) is 22.7 Å². The van der Waals surface area contributed by atoms with E-state index in [9.17, 15) is 44.9 Å². The Bertz CT molecular complexity index is 2830. The lowest BCUT2D eigenvalue weighted by atomic mass is 10.1. The summed E-state index contributed by atoms with van der Waals surface area (Å²) < 4.78 is 108. The summed E-state index contributed by atoms with van der Waals surface area (Å²) in [5, 5.41) is 23.2. The number of nitrogens with zero attached hydrogens (tertiary/aromatic N) is 8. The molecule has 2 fully saturated rings. The highest BCUT2D eigenvalue weighted by Crippen LogP contribution is 2.32. The largest absolute Gasteiger partial charge is 0.345 e. The molecular formula is C40H32F4N8O4S4. The van der Waals surface area contributed by atoms with Crippen molar-refractivity contribution in [2.45, 2.75) is 9.79 Å². The second kappa shape index (κ2) is 17.9. The normalized spacial score (nSPS) is 15.2. The van der Waals surface area contributed by atoms with Gasteiger partial charge in [-0.25, -0.2) is 44.4 Å². The molecule has 4 aromatic carbocycles. The zero-order valence-corrected chi connectivity index (χ0v) is 34.5. The van der Waals surface area contributed by atoms with E-state index in [1.54, 1.807) is 35.0 Å². The smallest absolute Gasteiger partial charge is 0.244 e. The summed E-state index contributed by atoms with van der Waals surface area (Å²) in [6.45, 7) is 2.68. The van der Waals surface area contributed by atoms with Gasteiger partial charge in [0.15, 0.2) is 21.9 Å². The lowest BCUT2D eigenvalue weighted by molar-refractivity contribution is 0.384. The van der Waals surface area contributed by atoms with Gasteiger partial charge in [0.05, 0.1) is 32.3 Å². The van der Waals surface area contributed by atoms with E-state index in [1.807, 2.05) is 21.9 Å². The fourth-order valence-electron chi connectivity index (χ4n) is 6.53. The molecule has 0 saturated carbocycles. The molecule has 4 heterocycles. The van der Waals surface area contributed by atoms with E-state index in [1.165, 1.54) is 73.7 Å². The molecule has 0 bridgehead atoms. The van der Waals surface area contributed by atoms with Gasteiger partial charge in [0.2, 0.25) is 20.0 Å². The highest BCUT2D eigenvalue weighted by molar-refractivity contribution is 7.89. The van der Waals surface area contributed by atoms with Crippen LogP contribution < -0.4 is 9.80 Å². The number of anilines is 2. The van der Waals surface area contributed by atoms with Crippen LogP contribution in [0.5, 0.6) is 0 Å². The van der Waals surface area contributed by atoms with Crippen LogP contribution in [-0.2, 0) is 20.0 Å². The van der Waals surface area contributed by atoms with Crippen LogP contribution in [0.25, 0.3) is 22.5 Å². The molecular weight excluding hydrogens is 861 g/mol. The molecule has 2 aromatic heterocycles. The van der Waals surface area contributed by atoms with E-state index in [-0.39, 0.29) is 47.1 Å². The van der Waals surface area contributed by atoms with Gasteiger partial charge >= 0.3 is 0 Å². The van der Waals surface area contributed by atoms with E-state index in [0.29, 0.717) is 59.0 Å². The van der Waals surface area contributed by atoms with Gasteiger partial charge in [-0.2, -0.15) is 19.1 Å². The Morgan fingerprint density at radius 2 is 0.967 bits per heavy atom. The fraction of sp³-hybridized carbons (Fsp3) is 0.200. The number of thiazole rings is 2. The molecule has 2 aliphatic rings. The average Bonchev–Trinajstić information content (AvgIpc) is 3.97. The minimum Gasteiger partial charge on any atom is -0.345 e. The number of benzene rings is 4. The minimum absolute atomic E-state index is 0.00520. The van der Waals surface area contributed by atoms with Gasteiger partial charge in [0, 0.05) is 80.3 Å². The van der Waals surface area contributed by atoms with E-state index < -0.39 is 43.3 Å². The van der Waals surface area contributed by atoms with Crippen LogP contribution in [0.2, 0.25) is 0 Å². The van der Waals surface area contributed by atoms with E-state index in [2.05, 4.69) is 9.97 Å². The summed E-state index contributed by atoms with van der Waals surface area (Å²) in [7, 11) is -7.54. The molecule has 20 heteroatoms. The number of nitriles is 2. The topological polar surface area (TPSA) is 155 Å². The quantitative estimate of drug-likeness (QED) is 0.147. The van der Waals surface area contributed by atoms with Crippen LogP contribution >= 0.6 is 22.7 Å². The van der Waals surface area contributed by atoms with Crippen molar-refractivity contribution in [2.75, 3.05) is 62.2 Å². The van der Waals surface area contributed by atoms with E-state index >= 15 is 0 Å². The third-order valence-corrected chi connectivity index (χ3v) is 15.3. The third-order valence-electron chi connectivity index (χ3n) is 9.63. The first-order valence-electron chi connectivity index (χ1n) is 18.1. The Balaban J connectivity index is 0.000000181. The van der Waals surface area contributed by atoms with Crippen LogP contribution in [0.15, 0.2) is 105 Å². The van der Waals surface area contributed by atoms with Gasteiger partial charge in [-0.3, -0.25) is 0 Å². The monoisotopic (exact) mass is 892 g/mol. The fourth-order valence-corrected chi connectivity index (χ4v) is 11.4. The summed E-state index contributed by atoms with van der Waals surface area (Å²) in [6, 6.07) is 23.0. The van der Waals surface area contributed by atoms with Gasteiger partial charge in [-0.1, -0.05) is 24.3 Å². The molecule has 0 N–H and O–H groups in total. The molecule has 0 spiro atoms. The SMILES string of the molecule is N#Cc1ccccc1S(=O)(=O)N1CCN(c2nc(-c3cc(F)cc(F)c3)cs2)CC1.N#Cc1ccccc1S(=O)(=O)N1CCN(c2nc(-c3ccc(F)c(F)c3)cs2)CC1. The summed E-state index contributed by atoms with van der Waals surface area (Å²) in [6.07, 6.45) is 0. The molecule has 6 aromatic rings. The molecule has 2 aliphatic heterocycles. The van der Waals surface area contributed by atoms with E-state index in [4.69, 9.17) is 0 Å². The van der Waals surface area contributed by atoms with Gasteiger partial charge < -0.3 is 9.80 Å². The van der Waals surface area contributed by atoms with Crippen LogP contribution in [0, 0.1) is 45.9 Å². The van der Waals surface area contributed by atoms with Crippen molar-refractivity contribution in [3.05, 3.63) is 130 Å². The maximum Gasteiger partial charge on any atom is 0.244 e. The number of rotatable bonds is 8. The lowest BCUT2D eigenvalue weighted by Gasteiger charge is -2.33. The molecule has 0 unspecified atom stereocenters. The Kier molecular flexibility index (Phi) is 12.6. The molecule has 0 aliphatic carbocycles. The van der Waals surface area contributed by atoms with Crippen molar-refractivity contribution in [1.29, 1.82) is 10.5 Å². The van der Waals surface area contributed by atoms with Crippen molar-refractivity contribution in [3.63, 3.8) is 0 Å². The molecule has 0 atom stereocenters. The summed E-state index contributed by atoms with van der Waals surface area (Å²) in [5.41, 5.74) is 2.07. The molecule has 12 nitrogen and oxygen atoms in total. The van der Waals surface area contributed by atoms with Crippen molar-refractivity contribution in [3.8, 4) is 34.7 Å². The van der Waals surface area contributed by atoms with Crippen molar-refractivity contribution < 1.29 is 34.4 Å². The maximum absolute atomic E-state index is 13.5. The molecule has 2 saturated heterocycles. The summed E-state index contributed by atoms with van der Waals surface area (Å²) >= 11 is 2.69. The molecule has 0 amide bonds. The zero-order valence-electron chi connectivity index (χ0n) is 31.3. The van der Waals surface area contributed by atoms with Crippen LogP contribution in [-0.4, -0.2) is 87.8 Å². The first-order chi connectivity index (χ1) is 28.8. The molecule has 0 radical (unpaired) electrons. The third kappa shape index (κ3) is 9.04. The molecule has 308 valence electrons. The predicted molar refractivity (Wildman–Crippen MR) is 219 cm³/mol. The second-order valence-electron chi connectivity index (χ2n) is 13.3. The Morgan fingerprint density at radius 3 is 1.40 bits per heavy atom. The number of sulfonamides is 2. The lowest BCUT2D eigenvalue weighted by Crippen LogP contribution is -2.48. The van der Waals surface area contributed by atoms with Gasteiger partial charge in [0.1, 0.15) is 23.8 Å². The second-order valence-corrected chi connectivity index (χ2v) is 18.8. The van der Waals surface area contributed by atoms with Crippen LogP contribution in [0.3, 0.4) is 0 Å². The average molecular weight is 893 g/mol. The summed E-state index contributed by atoms with van der Waals surface area (Å²) in [4.78, 5) is 12.9. The number of hydrogen-bond acceptors (Lipinski definition) is 12. The Hall–Kier alpha value is -5.74. The van der Waals surface area contributed by atoms with Gasteiger partial charge in [0.25, 0.3) is 0 Å². The zero-order chi connectivity index (χ0) is 42.6. The summed E-state index contributed by atoms with van der Waals surface area (Å²) in [5.74, 6) is -3.19. The highest BCUT2D eigenvalue weighted by atomic mass is 32.2. The molecule has 8 rings (SSSR count). The standard InChI is InChI=1S/2C20H16F2N4O2S2/c21-16-9-15(10-17(22)11-16)18-13-29-20(24-18)25-5-7-26(8-6-25)30(27,28)19-4-2-1-3-14(19)12-23;21-16-6-5-14(11-17(16)22)18-13-29-20(24-18)25-7-9-26(10-8-25)30(27,28)19-4-2-1-3-15(19)12-23/h1-4,9-11,13H,5-8H2;1-6,11,13H,7-10H2. The Morgan fingerprint density at radius 1 is 0.533 bits per heavy atom. The highest BCUT2D eigenvalue weighted by Gasteiger charge is 2.32. The first kappa shape index (κ1) is 42.4. The van der Waals surface area contributed by atoms with Crippen molar-refractivity contribution in [2.24, 2.45) is 0 Å². The molecule has 60 heavy (non-hydrogen) atoms. The first-order valence-corrected chi connectivity index (χ1v) is 22.7. The van der Waals surface area contributed by atoms with Crippen LogP contribution in [0.4, 0.5) is 27.8 Å². The number of piperazine rings is 2. The maximum atomic E-state index is 13.5. The number of hydrogen-bond donors (Lipinski definition) is 0. The van der Waals surface area contributed by atoms with Gasteiger partial charge in [-0.05, 0) is 54.6 Å². The van der Waals surface area contributed by atoms with Crippen molar-refractivity contribution in [1.82, 2.24) is 18.6 Å². The van der Waals surface area contributed by atoms with Crippen LogP contribution in [0.1, 0.15) is 11.1 Å². The number of aromatic nitrogens is 2. The van der Waals surface area contributed by atoms with E-state index in [0.717, 1.165) is 18.2 Å². The van der Waals surface area contributed by atoms with Crippen molar-refractivity contribution >= 4 is 53.0 Å². The number of halogens is 4. The predicted octanol–water partition coefficient (Wildman–Crippen LogP) is 6.94. The Labute approximate surface area is 351 Å².